The largest absolute Gasteiger partial charge is 0.489 e. The van der Waals surface area contributed by atoms with Crippen LogP contribution in [0.2, 0.25) is 0 Å². The first-order valence-electron chi connectivity index (χ1n) is 24.6. The van der Waals surface area contributed by atoms with Crippen molar-refractivity contribution in [3.63, 3.8) is 0 Å². The Balaban J connectivity index is 0.000000229. The molecule has 0 radical (unpaired) electrons. The zero-order valence-electron chi connectivity index (χ0n) is 41.8. The Kier molecular flexibility index (Phi) is 18.1. The molecule has 0 amide bonds. The van der Waals surface area contributed by atoms with E-state index in [1.807, 2.05) is 24.3 Å². The quantitative estimate of drug-likeness (QED) is 0.0806. The SMILES string of the molecule is CCC(=O)/C=C/c1ccc(COc2ccc3c(c2)CCC(Cc2cc(C(F)(F)F)cc(C(F)(F)F)c2)C3=O)cc1.O=C(O)/C=C/c1ccc(COc2ccc3c(c2)CCC(Cc2cc(C(F)(F)F)cc(C(F)(F)F)c2)C3=O)cc1. The Bertz CT molecular complexity index is 3190. The Morgan fingerprint density at radius 2 is 0.848 bits per heavy atom. The normalized spacial score (nSPS) is 15.8. The van der Waals surface area contributed by atoms with Crippen LogP contribution in [0.4, 0.5) is 52.7 Å². The van der Waals surface area contributed by atoms with E-state index in [4.69, 9.17) is 14.6 Å². The molecule has 2 unspecified atom stereocenters. The number of alkyl halides is 12. The predicted molar refractivity (Wildman–Crippen MR) is 268 cm³/mol. The highest BCUT2D eigenvalue weighted by molar-refractivity contribution is 6.01. The van der Waals surface area contributed by atoms with Gasteiger partial charge in [0.1, 0.15) is 24.7 Å². The smallest absolute Gasteiger partial charge is 0.416 e. The maximum atomic E-state index is 13.2. The summed E-state index contributed by atoms with van der Waals surface area (Å²) in [7, 11) is 0. The van der Waals surface area contributed by atoms with Crippen LogP contribution in [0, 0.1) is 11.8 Å². The second-order valence-corrected chi connectivity index (χ2v) is 19.0. The van der Waals surface area contributed by atoms with Crippen LogP contribution in [0.1, 0.15) is 114 Å². The number of aliphatic carboxylic acids is 1. The molecule has 0 spiro atoms. The van der Waals surface area contributed by atoms with Crippen LogP contribution in [0.5, 0.6) is 11.5 Å². The molecule has 2 aliphatic carbocycles. The third-order valence-electron chi connectivity index (χ3n) is 13.2. The van der Waals surface area contributed by atoms with Gasteiger partial charge in [-0.25, -0.2) is 4.79 Å². The van der Waals surface area contributed by atoms with Gasteiger partial charge in [-0.3, -0.25) is 14.4 Å². The summed E-state index contributed by atoms with van der Waals surface area (Å²) in [6.45, 7) is 2.28. The minimum absolute atomic E-state index is 0.0378. The van der Waals surface area contributed by atoms with Crippen molar-refractivity contribution in [3.05, 3.63) is 211 Å². The van der Waals surface area contributed by atoms with Gasteiger partial charge in [-0.2, -0.15) is 52.7 Å². The predicted octanol–water partition coefficient (Wildman–Crippen LogP) is 15.7. The highest BCUT2D eigenvalue weighted by Gasteiger charge is 2.39. The Morgan fingerprint density at radius 1 is 0.494 bits per heavy atom. The lowest BCUT2D eigenvalue weighted by Gasteiger charge is -2.24. The molecule has 0 saturated carbocycles. The summed E-state index contributed by atoms with van der Waals surface area (Å²) >= 11 is 0. The molecule has 2 aliphatic rings. The number of ketones is 3. The number of hydrogen-bond acceptors (Lipinski definition) is 6. The number of carbonyl (C=O) groups excluding carboxylic acids is 3. The molecule has 6 aromatic carbocycles. The topological polar surface area (TPSA) is 107 Å². The number of halogens is 12. The number of carboxylic acids is 1. The van der Waals surface area contributed by atoms with Gasteiger partial charge >= 0.3 is 30.7 Å². The van der Waals surface area contributed by atoms with Crippen LogP contribution in [0.25, 0.3) is 12.2 Å². The molecule has 0 bridgehead atoms. The molecule has 8 rings (SSSR count). The number of fused-ring (bicyclic) bond motifs is 2. The van der Waals surface area contributed by atoms with Gasteiger partial charge in [0.15, 0.2) is 17.3 Å². The molecule has 0 fully saturated rings. The third kappa shape index (κ3) is 16.1. The lowest BCUT2D eigenvalue weighted by Crippen LogP contribution is -2.25. The minimum atomic E-state index is -4.95. The number of allylic oxidation sites excluding steroid dienone is 1. The van der Waals surface area contributed by atoms with Crippen molar-refractivity contribution in [2.75, 3.05) is 0 Å². The number of benzene rings is 6. The van der Waals surface area contributed by atoms with Crippen LogP contribution in [0.15, 0.2) is 133 Å². The van der Waals surface area contributed by atoms with Gasteiger partial charge in [-0.15, -0.1) is 0 Å². The van der Waals surface area contributed by atoms with Crippen LogP contribution < -0.4 is 9.47 Å². The summed E-state index contributed by atoms with van der Waals surface area (Å²) < 4.78 is 170. The molecule has 0 aliphatic heterocycles. The Labute approximate surface area is 445 Å². The summed E-state index contributed by atoms with van der Waals surface area (Å²) in [6.07, 6.45) is -12.6. The molecule has 1 N–H and O–H groups in total. The zero-order chi connectivity index (χ0) is 57.5. The van der Waals surface area contributed by atoms with Crippen molar-refractivity contribution in [2.24, 2.45) is 11.8 Å². The Morgan fingerprint density at radius 3 is 1.18 bits per heavy atom. The molecule has 414 valence electrons. The van der Waals surface area contributed by atoms with E-state index in [-0.39, 0.29) is 73.1 Å². The molecule has 7 nitrogen and oxygen atoms in total. The highest BCUT2D eigenvalue weighted by Crippen LogP contribution is 2.40. The summed E-state index contributed by atoms with van der Waals surface area (Å²) in [5, 5.41) is 8.69. The first-order chi connectivity index (χ1) is 37.1. The second kappa shape index (κ2) is 24.4. The summed E-state index contributed by atoms with van der Waals surface area (Å²) in [5.41, 5.74) is -0.443. The van der Waals surface area contributed by atoms with Gasteiger partial charge in [-0.1, -0.05) is 61.5 Å². The van der Waals surface area contributed by atoms with Gasteiger partial charge in [0.2, 0.25) is 0 Å². The van der Waals surface area contributed by atoms with Gasteiger partial charge in [0, 0.05) is 35.5 Å². The lowest BCUT2D eigenvalue weighted by atomic mass is 9.79. The average molecular weight is 1110 g/mol. The van der Waals surface area contributed by atoms with Crippen LogP contribution in [-0.2, 0) is 73.2 Å². The van der Waals surface area contributed by atoms with E-state index in [2.05, 4.69) is 0 Å². The van der Waals surface area contributed by atoms with Gasteiger partial charge in [0.25, 0.3) is 0 Å². The molecule has 79 heavy (non-hydrogen) atoms. The molecular weight excluding hydrogens is 1060 g/mol. The summed E-state index contributed by atoms with van der Waals surface area (Å²) in [5.74, 6) is -2.10. The van der Waals surface area contributed by atoms with Gasteiger partial charge in [0.05, 0.1) is 22.3 Å². The van der Waals surface area contributed by atoms with Crippen molar-refractivity contribution in [1.29, 1.82) is 0 Å². The first-order valence-corrected chi connectivity index (χ1v) is 24.6. The molecule has 0 saturated heterocycles. The third-order valence-corrected chi connectivity index (χ3v) is 13.2. The first kappa shape index (κ1) is 58.7. The number of aryl methyl sites for hydroxylation is 2. The van der Waals surface area contributed by atoms with E-state index in [1.54, 1.807) is 73.7 Å². The Hall–Kier alpha value is -7.96. The number of carboxylic acid groups (broad SMARTS) is 1. The molecule has 19 heteroatoms. The average Bonchev–Trinajstić information content (AvgIpc) is 3.43. The van der Waals surface area contributed by atoms with Crippen molar-refractivity contribution in [1.82, 2.24) is 0 Å². The number of carbonyl (C=O) groups is 4. The molecule has 0 aromatic heterocycles. The van der Waals surface area contributed by atoms with Crippen molar-refractivity contribution in [3.8, 4) is 11.5 Å². The fraction of sp³-hybridized carbons (Fsp3) is 0.267. The molecular formula is C60H48F12O7. The van der Waals surface area contributed by atoms with E-state index in [0.717, 1.165) is 28.3 Å². The summed E-state index contributed by atoms with van der Waals surface area (Å²) in [4.78, 5) is 48.2. The number of Topliss-reactive ketones (excluding diaryl/α,β-unsaturated/α-hetero) is 2. The van der Waals surface area contributed by atoms with E-state index < -0.39 is 64.8 Å². The van der Waals surface area contributed by atoms with Crippen LogP contribution in [-0.4, -0.2) is 28.4 Å². The van der Waals surface area contributed by atoms with Gasteiger partial charge < -0.3 is 14.6 Å². The van der Waals surface area contributed by atoms with Crippen LogP contribution in [0.3, 0.4) is 0 Å². The van der Waals surface area contributed by atoms with E-state index in [1.165, 1.54) is 12.2 Å². The fourth-order valence-electron chi connectivity index (χ4n) is 9.07. The molecule has 6 aromatic rings. The van der Waals surface area contributed by atoms with Crippen molar-refractivity contribution >= 4 is 35.5 Å². The highest BCUT2D eigenvalue weighted by atomic mass is 19.4. The summed E-state index contributed by atoms with van der Waals surface area (Å²) in [6, 6.07) is 27.2. The number of ether oxygens (including phenoxy) is 2. The number of hydrogen-bond donors (Lipinski definition) is 1. The van der Waals surface area contributed by atoms with E-state index in [9.17, 15) is 71.9 Å². The van der Waals surface area contributed by atoms with E-state index in [0.29, 0.717) is 83.7 Å². The maximum Gasteiger partial charge on any atom is 0.416 e. The number of rotatable bonds is 15. The monoisotopic (exact) mass is 1110 g/mol. The van der Waals surface area contributed by atoms with Gasteiger partial charge in [-0.05, 0) is 168 Å². The molecule has 0 heterocycles. The van der Waals surface area contributed by atoms with Crippen molar-refractivity contribution < 1.29 is 86.4 Å². The van der Waals surface area contributed by atoms with Crippen molar-refractivity contribution in [2.45, 2.75) is 89.8 Å². The van der Waals surface area contributed by atoms with E-state index >= 15 is 0 Å². The lowest BCUT2D eigenvalue weighted by molar-refractivity contribution is -0.144. The fourth-order valence-corrected chi connectivity index (χ4v) is 9.07. The zero-order valence-corrected chi connectivity index (χ0v) is 41.8. The second-order valence-electron chi connectivity index (χ2n) is 19.0. The standard InChI is InChI=1S/C31H26F6O3.C29H22F6O4/c1-2-26(38)10-7-19-3-5-20(6-4-19)18-40-27-11-12-28-22(16-27)8-9-23(29(28)39)13-21-14-24(30(32,33)34)17-25(15-21)31(35,36)37;30-28(31,32)22-12-19(13-23(15-22)29(33,34)35)11-21-7-6-20-14-24(8-9-25(20)27(21)38)39-16-18-3-1-17(2-4-18)5-10-26(36)37/h3-7,10-12,14-17,23H,2,8-9,13,18H2,1H3;1-5,8-10,12-15,21H,6-7,11,16H2,(H,36,37)/b10-7+;10-5+. The molecule has 2 atom stereocenters. The maximum absolute atomic E-state index is 13.2. The minimum Gasteiger partial charge on any atom is -0.489 e. The van der Waals surface area contributed by atoms with Crippen LogP contribution >= 0.6 is 0 Å².